The number of unbranched alkanes of at least 4 members (excludes halogenated alkanes) is 29. The van der Waals surface area contributed by atoms with Crippen LogP contribution < -0.4 is 5.32 Å². The van der Waals surface area contributed by atoms with Crippen molar-refractivity contribution in [2.75, 3.05) is 13.2 Å². The number of hydrogen-bond donors (Lipinski definition) is 3. The van der Waals surface area contributed by atoms with Gasteiger partial charge in [0.25, 0.3) is 0 Å². The lowest BCUT2D eigenvalue weighted by Crippen LogP contribution is -2.45. The normalized spacial score (nSPS) is 12.9. The first-order valence-corrected chi connectivity index (χ1v) is 23.1. The molecule has 6 nitrogen and oxygen atoms in total. The van der Waals surface area contributed by atoms with E-state index in [9.17, 15) is 19.8 Å². The zero-order valence-electron chi connectivity index (χ0n) is 35.2. The average Bonchev–Trinajstić information content (AvgIpc) is 3.16. The highest BCUT2D eigenvalue weighted by molar-refractivity contribution is 5.76. The third-order valence-corrected chi connectivity index (χ3v) is 10.5. The van der Waals surface area contributed by atoms with E-state index in [4.69, 9.17) is 4.74 Å². The Morgan fingerprint density at radius 1 is 0.509 bits per heavy atom. The van der Waals surface area contributed by atoms with Gasteiger partial charge in [0.05, 0.1) is 25.4 Å². The number of amides is 1. The van der Waals surface area contributed by atoms with Crippen LogP contribution in [0.5, 0.6) is 0 Å². The molecule has 0 aromatic rings. The van der Waals surface area contributed by atoms with Gasteiger partial charge in [0.1, 0.15) is 0 Å². The molecule has 2 unspecified atom stereocenters. The molecule has 2 atom stereocenters. The van der Waals surface area contributed by atoms with E-state index in [1.807, 2.05) is 6.08 Å². The Morgan fingerprint density at radius 3 is 1.34 bits per heavy atom. The molecule has 0 saturated carbocycles. The first-order chi connectivity index (χ1) is 26.0. The smallest absolute Gasteiger partial charge is 0.305 e. The molecule has 0 bridgehead atoms. The van der Waals surface area contributed by atoms with Crippen molar-refractivity contribution in [3.63, 3.8) is 0 Å². The summed E-state index contributed by atoms with van der Waals surface area (Å²) in [7, 11) is 0. The molecule has 53 heavy (non-hydrogen) atoms. The lowest BCUT2D eigenvalue weighted by molar-refractivity contribution is -0.143. The quantitative estimate of drug-likeness (QED) is 0.0328. The molecule has 0 heterocycles. The van der Waals surface area contributed by atoms with Gasteiger partial charge in [-0.2, -0.15) is 0 Å². The molecule has 0 rings (SSSR count). The van der Waals surface area contributed by atoms with Crippen molar-refractivity contribution in [3.8, 4) is 0 Å². The number of allylic oxidation sites excluding steroid dienone is 3. The second-order valence-electron chi connectivity index (χ2n) is 15.7. The maximum Gasteiger partial charge on any atom is 0.305 e. The molecule has 1 amide bonds. The maximum absolute atomic E-state index is 12.4. The van der Waals surface area contributed by atoms with Crippen molar-refractivity contribution in [1.29, 1.82) is 0 Å². The highest BCUT2D eigenvalue weighted by Crippen LogP contribution is 2.14. The van der Waals surface area contributed by atoms with Gasteiger partial charge < -0.3 is 20.3 Å². The molecular formula is C47H89NO5. The van der Waals surface area contributed by atoms with E-state index in [2.05, 4.69) is 31.3 Å². The van der Waals surface area contributed by atoms with E-state index in [1.54, 1.807) is 6.08 Å². The number of aliphatic hydroxyl groups excluding tert-OH is 2. The molecule has 3 N–H and O–H groups in total. The molecule has 0 spiro atoms. The van der Waals surface area contributed by atoms with Crippen molar-refractivity contribution in [3.05, 3.63) is 24.3 Å². The molecule has 0 aliphatic carbocycles. The molecule has 0 aromatic heterocycles. The Morgan fingerprint density at radius 2 is 0.887 bits per heavy atom. The second-order valence-corrected chi connectivity index (χ2v) is 15.7. The minimum Gasteiger partial charge on any atom is -0.466 e. The summed E-state index contributed by atoms with van der Waals surface area (Å²) in [5, 5.41) is 23.0. The van der Waals surface area contributed by atoms with Crippen molar-refractivity contribution in [2.24, 2.45) is 0 Å². The average molecular weight is 748 g/mol. The number of aliphatic hydroxyl groups is 2. The largest absolute Gasteiger partial charge is 0.466 e. The minimum absolute atomic E-state index is 0.0340. The van der Waals surface area contributed by atoms with Crippen LogP contribution in [0.15, 0.2) is 24.3 Å². The Labute approximate surface area is 329 Å². The van der Waals surface area contributed by atoms with Gasteiger partial charge in [-0.15, -0.1) is 0 Å². The van der Waals surface area contributed by atoms with Crippen LogP contribution in [0.2, 0.25) is 0 Å². The third-order valence-electron chi connectivity index (χ3n) is 10.5. The first-order valence-electron chi connectivity index (χ1n) is 23.1. The number of ether oxygens (including phenoxy) is 1. The predicted molar refractivity (Wildman–Crippen MR) is 227 cm³/mol. The molecule has 6 heteroatoms. The van der Waals surface area contributed by atoms with Crippen molar-refractivity contribution >= 4 is 11.9 Å². The number of hydrogen-bond acceptors (Lipinski definition) is 5. The summed E-state index contributed by atoms with van der Waals surface area (Å²) < 4.78 is 5.41. The fourth-order valence-electron chi connectivity index (χ4n) is 6.86. The Kier molecular flexibility index (Phi) is 41.7. The maximum atomic E-state index is 12.4. The van der Waals surface area contributed by atoms with Gasteiger partial charge in [-0.05, 0) is 57.8 Å². The lowest BCUT2D eigenvalue weighted by Gasteiger charge is -2.20. The highest BCUT2D eigenvalue weighted by Gasteiger charge is 2.18. The second kappa shape index (κ2) is 43.1. The van der Waals surface area contributed by atoms with E-state index < -0.39 is 12.1 Å². The Balaban J connectivity index is 3.58. The van der Waals surface area contributed by atoms with Crippen molar-refractivity contribution in [2.45, 2.75) is 251 Å². The standard InChI is InChI=1S/C47H89NO5/c1-3-5-7-9-11-13-15-16-17-20-23-27-31-35-39-45(50)44(43-49)48-46(51)40-36-32-28-24-21-18-22-26-30-34-38-42-53-47(52)41-37-33-29-25-19-14-12-10-8-6-4-2/h22,26,35,39,44-45,49-50H,3-21,23-25,27-34,36-38,40-43H2,1-2H3,(H,48,51)/b26-22-,39-35+. The third kappa shape index (κ3) is 39.8. The highest BCUT2D eigenvalue weighted by atomic mass is 16.5. The minimum atomic E-state index is -0.860. The monoisotopic (exact) mass is 748 g/mol. The van der Waals surface area contributed by atoms with Crippen LogP contribution in [0.3, 0.4) is 0 Å². The van der Waals surface area contributed by atoms with E-state index in [0.29, 0.717) is 19.4 Å². The first kappa shape index (κ1) is 51.3. The van der Waals surface area contributed by atoms with Gasteiger partial charge >= 0.3 is 5.97 Å². The Hall–Kier alpha value is -1.66. The summed E-state index contributed by atoms with van der Waals surface area (Å²) in [5.41, 5.74) is 0. The zero-order valence-corrected chi connectivity index (χ0v) is 35.2. The van der Waals surface area contributed by atoms with Crippen LogP contribution in [0.4, 0.5) is 0 Å². The van der Waals surface area contributed by atoms with Crippen LogP contribution in [0, 0.1) is 0 Å². The van der Waals surface area contributed by atoms with E-state index in [0.717, 1.165) is 83.5 Å². The SMILES string of the molecule is CCCCCCCCCCCCCC/C=C/C(O)C(CO)NC(=O)CCCCCCC/C=C\CCCCOC(=O)CCCCCCCCCCCCC. The number of carbonyl (C=O) groups excluding carboxylic acids is 2. The molecular weight excluding hydrogens is 659 g/mol. The molecule has 0 radical (unpaired) electrons. The molecule has 0 saturated heterocycles. The zero-order chi connectivity index (χ0) is 38.7. The molecule has 0 fully saturated rings. The van der Waals surface area contributed by atoms with Gasteiger partial charge in [0, 0.05) is 12.8 Å². The van der Waals surface area contributed by atoms with Crippen LogP contribution in [0.1, 0.15) is 239 Å². The number of carbonyl (C=O) groups is 2. The summed E-state index contributed by atoms with van der Waals surface area (Å²) in [6, 6.07) is -0.647. The fourth-order valence-corrected chi connectivity index (χ4v) is 6.86. The number of nitrogens with one attached hydrogen (secondary N) is 1. The van der Waals surface area contributed by atoms with Gasteiger partial charge in [0.2, 0.25) is 5.91 Å². The van der Waals surface area contributed by atoms with Crippen LogP contribution >= 0.6 is 0 Å². The van der Waals surface area contributed by atoms with Crippen LogP contribution in [-0.2, 0) is 14.3 Å². The van der Waals surface area contributed by atoms with Crippen LogP contribution in [-0.4, -0.2) is 47.4 Å². The fraction of sp³-hybridized carbons (Fsp3) is 0.872. The molecule has 0 aliphatic rings. The number of esters is 1. The molecule has 0 aromatic carbocycles. The number of rotatable bonds is 42. The summed E-state index contributed by atoms with van der Waals surface area (Å²) >= 11 is 0. The van der Waals surface area contributed by atoms with E-state index in [-0.39, 0.29) is 18.5 Å². The lowest BCUT2D eigenvalue weighted by atomic mass is 10.0. The predicted octanol–water partition coefficient (Wildman–Crippen LogP) is 13.2. The summed E-state index contributed by atoms with van der Waals surface area (Å²) in [5.74, 6) is -0.132. The molecule has 0 aliphatic heterocycles. The van der Waals surface area contributed by atoms with Gasteiger partial charge in [-0.3, -0.25) is 9.59 Å². The molecule has 312 valence electrons. The van der Waals surface area contributed by atoms with Crippen molar-refractivity contribution in [1.82, 2.24) is 5.32 Å². The topological polar surface area (TPSA) is 95.9 Å². The van der Waals surface area contributed by atoms with E-state index >= 15 is 0 Å². The van der Waals surface area contributed by atoms with Gasteiger partial charge in [-0.1, -0.05) is 192 Å². The summed E-state index contributed by atoms with van der Waals surface area (Å²) in [6.45, 7) is 4.80. The Bertz CT molecular complexity index is 828. The van der Waals surface area contributed by atoms with E-state index in [1.165, 1.54) is 128 Å². The summed E-state index contributed by atoms with van der Waals surface area (Å²) in [4.78, 5) is 24.3. The van der Waals surface area contributed by atoms with Crippen LogP contribution in [0.25, 0.3) is 0 Å². The van der Waals surface area contributed by atoms with Crippen molar-refractivity contribution < 1.29 is 24.5 Å². The summed E-state index contributed by atoms with van der Waals surface area (Å²) in [6.07, 6.45) is 48.8. The van der Waals surface area contributed by atoms with Gasteiger partial charge in [0.15, 0.2) is 0 Å². The van der Waals surface area contributed by atoms with Gasteiger partial charge in [-0.25, -0.2) is 0 Å².